The molecule has 1 unspecified atom stereocenters. The highest BCUT2D eigenvalue weighted by molar-refractivity contribution is 6.24. The van der Waals surface area contributed by atoms with Gasteiger partial charge < -0.3 is 9.15 Å². The number of aryl methyl sites for hydroxylation is 1. The minimum atomic E-state index is -0.919. The Morgan fingerprint density at radius 2 is 1.68 bits per heavy atom. The molecule has 0 amide bonds. The van der Waals surface area contributed by atoms with Gasteiger partial charge in [0, 0.05) is 21.7 Å². The summed E-state index contributed by atoms with van der Waals surface area (Å²) >= 11 is 0. The van der Waals surface area contributed by atoms with Crippen LogP contribution in [0.5, 0.6) is 5.75 Å². The molecule has 4 aromatic rings. The Labute approximate surface area is 165 Å². The molecule has 138 valence electrons. The van der Waals surface area contributed by atoms with Crippen LogP contribution < -0.4 is 10.4 Å². The van der Waals surface area contributed by atoms with Gasteiger partial charge in [0.1, 0.15) is 19.2 Å². The number of rotatable bonds is 0. The highest BCUT2D eigenvalue weighted by Gasteiger charge is 2.27. The fraction of sp³-hybridized carbons (Fsp3) is 0.208. The third-order valence-electron chi connectivity index (χ3n) is 4.92. The molecule has 0 N–H and O–H groups in total. The van der Waals surface area contributed by atoms with Crippen molar-refractivity contribution in [2.24, 2.45) is 0 Å². The van der Waals surface area contributed by atoms with E-state index in [0.29, 0.717) is 16.7 Å². The van der Waals surface area contributed by atoms with Crippen molar-refractivity contribution in [2.75, 3.05) is 0 Å². The van der Waals surface area contributed by atoms with Crippen LogP contribution in [0, 0.1) is 6.92 Å². The van der Waals surface area contributed by atoms with E-state index >= 15 is 0 Å². The maximum Gasteiger partial charge on any atom is 0.344 e. The molecule has 0 saturated carbocycles. The summed E-state index contributed by atoms with van der Waals surface area (Å²) in [7, 11) is 6.16. The first kappa shape index (κ1) is 18.4. The van der Waals surface area contributed by atoms with Gasteiger partial charge in [-0.2, -0.15) is 0 Å². The standard InChI is InChI=1S/C22H15BO3.C2H6/c1-12-7-8-15-17(11-12)25-21(24)19-16-9-10-22(2,23)26-20(16)14-6-4-3-5-13(14)18(15)19;1-2/h3-11H,1-2H3;1-2H3. The van der Waals surface area contributed by atoms with Gasteiger partial charge in [0.05, 0.1) is 10.9 Å². The van der Waals surface area contributed by atoms with E-state index in [2.05, 4.69) is 0 Å². The van der Waals surface area contributed by atoms with Gasteiger partial charge in [0.2, 0.25) is 0 Å². The molecule has 2 radical (unpaired) electrons. The molecule has 1 atom stereocenters. The predicted molar refractivity (Wildman–Crippen MR) is 117 cm³/mol. The Morgan fingerprint density at radius 1 is 0.964 bits per heavy atom. The second-order valence-electron chi connectivity index (χ2n) is 7.05. The summed E-state index contributed by atoms with van der Waals surface area (Å²) in [6.45, 7) is 7.77. The van der Waals surface area contributed by atoms with Gasteiger partial charge in [-0.3, -0.25) is 0 Å². The van der Waals surface area contributed by atoms with Crippen LogP contribution >= 0.6 is 0 Å². The van der Waals surface area contributed by atoms with E-state index in [-0.39, 0.29) is 5.63 Å². The summed E-state index contributed by atoms with van der Waals surface area (Å²) in [5.41, 5.74) is 1.07. The number of hydrogen-bond donors (Lipinski definition) is 0. The summed E-state index contributed by atoms with van der Waals surface area (Å²) in [6.07, 6.45) is 3.63. The van der Waals surface area contributed by atoms with Crippen LogP contribution in [0.2, 0.25) is 0 Å². The first-order valence-electron chi connectivity index (χ1n) is 9.54. The molecule has 5 rings (SSSR count). The molecule has 0 spiro atoms. The highest BCUT2D eigenvalue weighted by atomic mass is 16.5. The normalized spacial score (nSPS) is 17.9. The number of hydrogen-bond acceptors (Lipinski definition) is 3. The third-order valence-corrected chi connectivity index (χ3v) is 4.92. The maximum absolute atomic E-state index is 12.9. The quantitative estimate of drug-likeness (QED) is 0.226. The van der Waals surface area contributed by atoms with Crippen molar-refractivity contribution in [3.63, 3.8) is 0 Å². The molecule has 0 saturated heterocycles. The average Bonchev–Trinajstić information content (AvgIpc) is 2.68. The summed E-state index contributed by atoms with van der Waals surface area (Å²) in [4.78, 5) is 12.9. The molecule has 4 heteroatoms. The first-order chi connectivity index (χ1) is 13.4. The second-order valence-corrected chi connectivity index (χ2v) is 7.05. The molecule has 0 fully saturated rings. The molecule has 1 aliphatic heterocycles. The molecule has 0 bridgehead atoms. The molecular weight excluding hydrogens is 347 g/mol. The lowest BCUT2D eigenvalue weighted by molar-refractivity contribution is 0.227. The largest absolute Gasteiger partial charge is 0.492 e. The minimum absolute atomic E-state index is 0.367. The topological polar surface area (TPSA) is 39.4 Å². The minimum Gasteiger partial charge on any atom is -0.492 e. The molecule has 1 aromatic heterocycles. The van der Waals surface area contributed by atoms with Crippen molar-refractivity contribution in [2.45, 2.75) is 33.2 Å². The Bertz CT molecular complexity index is 1310. The average molecular weight is 368 g/mol. The van der Waals surface area contributed by atoms with Crippen LogP contribution in [0.3, 0.4) is 0 Å². The Morgan fingerprint density at radius 3 is 2.43 bits per heavy atom. The van der Waals surface area contributed by atoms with Crippen LogP contribution in [0.25, 0.3) is 38.6 Å². The lowest BCUT2D eigenvalue weighted by atomic mass is 9.80. The van der Waals surface area contributed by atoms with E-state index in [1.54, 1.807) is 13.0 Å². The van der Waals surface area contributed by atoms with Crippen molar-refractivity contribution in [3.8, 4) is 5.75 Å². The third kappa shape index (κ3) is 2.72. The van der Waals surface area contributed by atoms with Gasteiger partial charge >= 0.3 is 5.63 Å². The van der Waals surface area contributed by atoms with Crippen molar-refractivity contribution in [3.05, 3.63) is 70.1 Å². The number of benzene rings is 3. The zero-order valence-electron chi connectivity index (χ0n) is 16.5. The first-order valence-corrected chi connectivity index (χ1v) is 9.54. The Kier molecular flexibility index (Phi) is 4.30. The van der Waals surface area contributed by atoms with Crippen molar-refractivity contribution in [1.82, 2.24) is 0 Å². The Hall–Kier alpha value is -3.01. The smallest absolute Gasteiger partial charge is 0.344 e. The SMILES string of the molecule is CC.[B]C1(C)C=Cc2c(c3ccccc3c3c2c(=O)oc2cc(C)ccc23)O1. The van der Waals surface area contributed by atoms with Gasteiger partial charge in [-0.1, -0.05) is 62.4 Å². The van der Waals surface area contributed by atoms with Gasteiger partial charge in [0.25, 0.3) is 0 Å². The predicted octanol–water partition coefficient (Wildman–Crippen LogP) is 5.72. The molecular formula is C24H21BO3. The van der Waals surface area contributed by atoms with Crippen LogP contribution in [0.4, 0.5) is 0 Å². The van der Waals surface area contributed by atoms with E-state index in [4.69, 9.17) is 17.0 Å². The zero-order chi connectivity index (χ0) is 20.1. The number of ether oxygens (including phenoxy) is 1. The van der Waals surface area contributed by atoms with E-state index < -0.39 is 5.50 Å². The maximum atomic E-state index is 12.9. The van der Waals surface area contributed by atoms with E-state index in [9.17, 15) is 4.79 Å². The summed E-state index contributed by atoms with van der Waals surface area (Å²) in [6, 6.07) is 13.9. The van der Waals surface area contributed by atoms with E-state index in [1.807, 2.05) is 69.3 Å². The van der Waals surface area contributed by atoms with Crippen LogP contribution in [0.1, 0.15) is 31.9 Å². The molecule has 2 heterocycles. The van der Waals surface area contributed by atoms with Crippen molar-refractivity contribution in [1.29, 1.82) is 0 Å². The monoisotopic (exact) mass is 368 g/mol. The molecule has 0 aliphatic carbocycles. The summed E-state index contributed by atoms with van der Waals surface area (Å²) in [5, 5.41) is 4.22. The van der Waals surface area contributed by atoms with E-state index in [1.165, 1.54) is 0 Å². The summed E-state index contributed by atoms with van der Waals surface area (Å²) in [5.74, 6) is 0.624. The van der Waals surface area contributed by atoms with Crippen LogP contribution in [-0.4, -0.2) is 13.3 Å². The molecule has 28 heavy (non-hydrogen) atoms. The Balaban J connectivity index is 0.000000932. The van der Waals surface area contributed by atoms with Crippen molar-refractivity contribution < 1.29 is 9.15 Å². The molecule has 3 aromatic carbocycles. The van der Waals surface area contributed by atoms with Crippen LogP contribution in [0.15, 0.2) is 57.8 Å². The number of fused-ring (bicyclic) bond motifs is 8. The zero-order valence-corrected chi connectivity index (χ0v) is 16.5. The van der Waals surface area contributed by atoms with Gasteiger partial charge in [0.15, 0.2) is 0 Å². The highest BCUT2D eigenvalue weighted by Crippen LogP contribution is 2.43. The van der Waals surface area contributed by atoms with Crippen LogP contribution in [-0.2, 0) is 0 Å². The molecule has 3 nitrogen and oxygen atoms in total. The fourth-order valence-corrected chi connectivity index (χ4v) is 3.76. The second kappa shape index (κ2) is 6.56. The summed E-state index contributed by atoms with van der Waals surface area (Å²) < 4.78 is 11.7. The lowest BCUT2D eigenvalue weighted by Gasteiger charge is -2.30. The van der Waals surface area contributed by atoms with Gasteiger partial charge in [-0.25, -0.2) is 4.79 Å². The fourth-order valence-electron chi connectivity index (χ4n) is 3.76. The van der Waals surface area contributed by atoms with Crippen molar-refractivity contribution >= 4 is 46.4 Å². The van der Waals surface area contributed by atoms with Gasteiger partial charge in [-0.05, 0) is 30.9 Å². The van der Waals surface area contributed by atoms with E-state index in [0.717, 1.165) is 32.7 Å². The molecule has 1 aliphatic rings. The van der Waals surface area contributed by atoms with Gasteiger partial charge in [-0.15, -0.1) is 0 Å². The lowest BCUT2D eigenvalue weighted by Crippen LogP contribution is -2.32.